The topological polar surface area (TPSA) is 67.9 Å². The Morgan fingerprint density at radius 2 is 1.74 bits per heavy atom. The summed E-state index contributed by atoms with van der Waals surface area (Å²) in [6.07, 6.45) is 4.38. The van der Waals surface area contributed by atoms with Crippen LogP contribution in [0.25, 0.3) is 0 Å². The molecule has 4 rings (SSSR count). The summed E-state index contributed by atoms with van der Waals surface area (Å²) in [6.45, 7) is 1.10. The van der Waals surface area contributed by atoms with Crippen molar-refractivity contribution in [1.82, 2.24) is 5.32 Å². The van der Waals surface area contributed by atoms with Crippen LogP contribution in [0.5, 0.6) is 11.5 Å². The maximum absolute atomic E-state index is 13.4. The van der Waals surface area contributed by atoms with Crippen molar-refractivity contribution in [2.45, 2.75) is 38.6 Å². The monoisotopic (exact) mass is 422 g/mol. The normalized spacial score (nSPS) is 20.1. The second kappa shape index (κ2) is 9.41. The van der Waals surface area contributed by atoms with E-state index in [0.29, 0.717) is 24.6 Å². The maximum Gasteiger partial charge on any atom is 0.230 e. The quantitative estimate of drug-likeness (QED) is 0.771. The highest BCUT2D eigenvalue weighted by atomic mass is 16.5. The van der Waals surface area contributed by atoms with Crippen LogP contribution in [0, 0.1) is 11.8 Å². The van der Waals surface area contributed by atoms with Crippen LogP contribution in [0.15, 0.2) is 42.5 Å². The van der Waals surface area contributed by atoms with Gasteiger partial charge in [-0.2, -0.15) is 0 Å². The van der Waals surface area contributed by atoms with Gasteiger partial charge in [0, 0.05) is 24.7 Å². The first-order chi connectivity index (χ1) is 15.1. The lowest BCUT2D eigenvalue weighted by molar-refractivity contribution is -0.135. The van der Waals surface area contributed by atoms with Crippen molar-refractivity contribution < 1.29 is 19.1 Å². The number of para-hydroxylation sites is 1. The van der Waals surface area contributed by atoms with Crippen molar-refractivity contribution in [1.29, 1.82) is 0 Å². The molecule has 1 aliphatic heterocycles. The predicted octanol–water partition coefficient (Wildman–Crippen LogP) is 3.72. The standard InChI is InChI=1S/C25H30N2O4/c1-30-22-12-11-17(15-23(22)31-2)16-26-24(28)19-8-4-5-9-20(19)25(29)27-14-13-18-7-3-6-10-21(18)27/h3,6-7,10-12,15,19-20H,4-5,8-9,13-14,16H2,1-2H3,(H,26,28)/t19-,20+/m0/s1. The van der Waals surface area contributed by atoms with Gasteiger partial charge in [0.05, 0.1) is 20.1 Å². The van der Waals surface area contributed by atoms with Crippen LogP contribution in [0.3, 0.4) is 0 Å². The Kier molecular flexibility index (Phi) is 6.44. The zero-order valence-electron chi connectivity index (χ0n) is 18.2. The number of hydrogen-bond acceptors (Lipinski definition) is 4. The summed E-state index contributed by atoms with van der Waals surface area (Å²) in [5.41, 5.74) is 3.14. The first kappa shape index (κ1) is 21.2. The minimum Gasteiger partial charge on any atom is -0.493 e. The highest BCUT2D eigenvalue weighted by Crippen LogP contribution is 2.36. The zero-order chi connectivity index (χ0) is 21.8. The number of anilines is 1. The summed E-state index contributed by atoms with van der Waals surface area (Å²) >= 11 is 0. The maximum atomic E-state index is 13.4. The second-order valence-electron chi connectivity index (χ2n) is 8.27. The van der Waals surface area contributed by atoms with Crippen LogP contribution in [0.4, 0.5) is 5.69 Å². The van der Waals surface area contributed by atoms with Crippen molar-refractivity contribution in [3.8, 4) is 11.5 Å². The lowest BCUT2D eigenvalue weighted by atomic mass is 9.77. The highest BCUT2D eigenvalue weighted by molar-refractivity contribution is 5.99. The number of amides is 2. The van der Waals surface area contributed by atoms with Crippen molar-refractivity contribution in [3.63, 3.8) is 0 Å². The Labute approximate surface area is 183 Å². The van der Waals surface area contributed by atoms with Gasteiger partial charge in [0.1, 0.15) is 0 Å². The molecule has 2 aromatic carbocycles. The van der Waals surface area contributed by atoms with Crippen LogP contribution in [0.1, 0.15) is 36.8 Å². The van der Waals surface area contributed by atoms with Crippen molar-refractivity contribution in [2.75, 3.05) is 25.7 Å². The largest absolute Gasteiger partial charge is 0.493 e. The van der Waals surface area contributed by atoms with Gasteiger partial charge >= 0.3 is 0 Å². The minimum atomic E-state index is -0.283. The van der Waals surface area contributed by atoms with Crippen molar-refractivity contribution >= 4 is 17.5 Å². The van der Waals surface area contributed by atoms with Gasteiger partial charge in [-0.1, -0.05) is 37.1 Å². The molecule has 0 bridgehead atoms. The molecule has 2 atom stereocenters. The summed E-state index contributed by atoms with van der Waals surface area (Å²) < 4.78 is 10.6. The van der Waals surface area contributed by atoms with Gasteiger partial charge in [-0.3, -0.25) is 9.59 Å². The summed E-state index contributed by atoms with van der Waals surface area (Å²) in [5, 5.41) is 3.05. The predicted molar refractivity (Wildman–Crippen MR) is 119 cm³/mol. The van der Waals surface area contributed by atoms with Gasteiger partial charge < -0.3 is 19.7 Å². The van der Waals surface area contributed by atoms with Gasteiger partial charge in [-0.05, 0) is 48.6 Å². The summed E-state index contributed by atoms with van der Waals surface area (Å²) in [5.74, 6) is 0.796. The van der Waals surface area contributed by atoms with E-state index < -0.39 is 0 Å². The van der Waals surface area contributed by atoms with Crippen LogP contribution < -0.4 is 19.7 Å². The molecular formula is C25H30N2O4. The van der Waals surface area contributed by atoms with Gasteiger partial charge in [0.25, 0.3) is 0 Å². The molecule has 1 heterocycles. The molecule has 0 radical (unpaired) electrons. The van der Waals surface area contributed by atoms with Crippen LogP contribution in [-0.2, 0) is 22.6 Å². The molecule has 0 unspecified atom stereocenters. The second-order valence-corrected chi connectivity index (χ2v) is 8.27. The molecule has 1 N–H and O–H groups in total. The Bertz CT molecular complexity index is 958. The molecule has 1 saturated carbocycles. The number of benzene rings is 2. The van der Waals surface area contributed by atoms with Gasteiger partial charge in [-0.25, -0.2) is 0 Å². The van der Waals surface area contributed by atoms with E-state index in [0.717, 1.165) is 43.4 Å². The Morgan fingerprint density at radius 1 is 1.00 bits per heavy atom. The molecular weight excluding hydrogens is 392 g/mol. The van der Waals surface area contributed by atoms with E-state index in [4.69, 9.17) is 9.47 Å². The van der Waals surface area contributed by atoms with E-state index in [2.05, 4.69) is 11.4 Å². The molecule has 0 spiro atoms. The lowest BCUT2D eigenvalue weighted by Crippen LogP contribution is -2.45. The molecule has 6 heteroatoms. The number of rotatable bonds is 6. The summed E-state index contributed by atoms with van der Waals surface area (Å²) in [4.78, 5) is 28.4. The molecule has 2 aliphatic rings. The summed E-state index contributed by atoms with van der Waals surface area (Å²) in [6, 6.07) is 13.7. The van der Waals surface area contributed by atoms with Crippen molar-refractivity contribution in [2.24, 2.45) is 11.8 Å². The SMILES string of the molecule is COc1ccc(CNC(=O)[C@H]2CCCC[C@H]2C(=O)N2CCc3ccccc32)cc1OC. The third kappa shape index (κ3) is 4.38. The molecule has 6 nitrogen and oxygen atoms in total. The minimum absolute atomic E-state index is 0.0414. The molecule has 1 fully saturated rings. The molecule has 1 aliphatic carbocycles. The third-order valence-electron chi connectivity index (χ3n) is 6.49. The third-order valence-corrected chi connectivity index (χ3v) is 6.49. The fourth-order valence-corrected chi connectivity index (χ4v) is 4.82. The number of hydrogen-bond donors (Lipinski definition) is 1. The molecule has 0 aromatic heterocycles. The lowest BCUT2D eigenvalue weighted by Gasteiger charge is -2.32. The van der Waals surface area contributed by atoms with Crippen LogP contribution in [0.2, 0.25) is 0 Å². The van der Waals surface area contributed by atoms with Crippen molar-refractivity contribution in [3.05, 3.63) is 53.6 Å². The van der Waals surface area contributed by atoms with Gasteiger partial charge in [0.2, 0.25) is 11.8 Å². The Balaban J connectivity index is 1.44. The van der Waals surface area contributed by atoms with E-state index in [1.54, 1.807) is 14.2 Å². The number of ether oxygens (including phenoxy) is 2. The molecule has 164 valence electrons. The molecule has 0 saturated heterocycles. The number of carbonyl (C=O) groups is 2. The number of carbonyl (C=O) groups excluding carboxylic acids is 2. The van der Waals surface area contributed by atoms with E-state index >= 15 is 0 Å². The van der Waals surface area contributed by atoms with Crippen LogP contribution >= 0.6 is 0 Å². The van der Waals surface area contributed by atoms with Gasteiger partial charge in [-0.15, -0.1) is 0 Å². The average molecular weight is 423 g/mol. The first-order valence-corrected chi connectivity index (χ1v) is 11.0. The summed E-state index contributed by atoms with van der Waals surface area (Å²) in [7, 11) is 3.19. The van der Waals surface area contributed by atoms with E-state index in [1.807, 2.05) is 41.3 Å². The zero-order valence-corrected chi connectivity index (χ0v) is 18.2. The first-order valence-electron chi connectivity index (χ1n) is 11.0. The Hall–Kier alpha value is -3.02. The van der Waals surface area contributed by atoms with E-state index in [1.165, 1.54) is 5.56 Å². The highest BCUT2D eigenvalue weighted by Gasteiger charge is 2.39. The fraction of sp³-hybridized carbons (Fsp3) is 0.440. The smallest absolute Gasteiger partial charge is 0.230 e. The van der Waals surface area contributed by atoms with Gasteiger partial charge in [0.15, 0.2) is 11.5 Å². The fourth-order valence-electron chi connectivity index (χ4n) is 4.82. The van der Waals surface area contributed by atoms with E-state index in [-0.39, 0.29) is 23.7 Å². The molecule has 31 heavy (non-hydrogen) atoms. The number of fused-ring (bicyclic) bond motifs is 1. The Morgan fingerprint density at radius 3 is 2.52 bits per heavy atom. The van der Waals surface area contributed by atoms with Crippen LogP contribution in [-0.4, -0.2) is 32.6 Å². The molecule has 2 aromatic rings. The number of nitrogens with zero attached hydrogens (tertiary/aromatic N) is 1. The number of nitrogens with one attached hydrogen (secondary N) is 1. The number of methoxy groups -OCH3 is 2. The molecule has 2 amide bonds. The average Bonchev–Trinajstić information content (AvgIpc) is 3.26. The van der Waals surface area contributed by atoms with E-state index in [9.17, 15) is 9.59 Å².